The Balaban J connectivity index is 0.00000256. The molecular formula is C23H23I3N2S2. The predicted octanol–water partition coefficient (Wildman–Crippen LogP) is 4.69. The number of benzene rings is 2. The van der Waals surface area contributed by atoms with Crippen molar-refractivity contribution < 1.29 is 28.5 Å². The summed E-state index contributed by atoms with van der Waals surface area (Å²) in [6.45, 7) is 6.60. The van der Waals surface area contributed by atoms with E-state index < -0.39 is 0 Å². The van der Waals surface area contributed by atoms with Crippen molar-refractivity contribution in [2.75, 3.05) is 11.4 Å². The molecular weight excluding hydrogens is 749 g/mol. The molecule has 0 saturated heterocycles. The summed E-state index contributed by atoms with van der Waals surface area (Å²) in [5, 5.41) is 2.63. The molecule has 0 spiro atoms. The minimum absolute atomic E-state index is 0. The minimum Gasteiger partial charge on any atom is -1.00 e. The molecule has 1 aliphatic rings. The van der Waals surface area contributed by atoms with E-state index in [1.54, 1.807) is 0 Å². The number of anilines is 1. The van der Waals surface area contributed by atoms with Crippen molar-refractivity contribution in [1.29, 1.82) is 0 Å². The van der Waals surface area contributed by atoms with Crippen molar-refractivity contribution in [3.05, 3.63) is 65.7 Å². The molecule has 1 aromatic heterocycles. The zero-order valence-electron chi connectivity index (χ0n) is 16.9. The highest BCUT2D eigenvalue weighted by Crippen LogP contribution is 2.46. The lowest BCUT2D eigenvalue weighted by Gasteiger charge is -2.19. The molecule has 0 aliphatic carbocycles. The molecule has 30 heavy (non-hydrogen) atoms. The average molecular weight is 772 g/mol. The lowest BCUT2D eigenvalue weighted by Crippen LogP contribution is -3.00. The fraction of sp³-hybridized carbons (Fsp3) is 0.261. The smallest absolute Gasteiger partial charge is 0.262 e. The normalized spacial score (nSPS) is 14.7. The van der Waals surface area contributed by atoms with Crippen LogP contribution in [-0.4, -0.2) is 6.54 Å². The summed E-state index contributed by atoms with van der Waals surface area (Å²) in [6.07, 6.45) is 9.05. The number of hydrogen-bond acceptors (Lipinski definition) is 3. The highest BCUT2D eigenvalue weighted by atomic mass is 127. The van der Waals surface area contributed by atoms with E-state index in [9.17, 15) is 0 Å². The maximum absolute atomic E-state index is 2.45. The summed E-state index contributed by atoms with van der Waals surface area (Å²) in [7, 11) is 0. The molecule has 7 heteroatoms. The second-order valence-electron chi connectivity index (χ2n) is 6.93. The van der Waals surface area contributed by atoms with Gasteiger partial charge >= 0.3 is 0 Å². The topological polar surface area (TPSA) is 7.12 Å². The Morgan fingerprint density at radius 2 is 1.80 bits per heavy atom. The molecule has 0 unspecified atom stereocenters. The number of aromatic nitrogens is 1. The lowest BCUT2D eigenvalue weighted by atomic mass is 10.3. The Bertz CT molecular complexity index is 1110. The number of halogens is 3. The molecule has 0 bridgehead atoms. The van der Waals surface area contributed by atoms with E-state index in [0.29, 0.717) is 0 Å². The van der Waals surface area contributed by atoms with Crippen LogP contribution in [0.4, 0.5) is 5.69 Å². The van der Waals surface area contributed by atoms with Gasteiger partial charge in [0.1, 0.15) is 11.2 Å². The quantitative estimate of drug-likeness (QED) is 0.266. The molecule has 0 fully saturated rings. The van der Waals surface area contributed by atoms with Gasteiger partial charge in [0.25, 0.3) is 5.01 Å². The number of rotatable bonds is 6. The van der Waals surface area contributed by atoms with Crippen LogP contribution in [0.15, 0.2) is 58.5 Å². The van der Waals surface area contributed by atoms with E-state index in [4.69, 9.17) is 0 Å². The number of nitrogens with zero attached hydrogens (tertiary/aromatic N) is 2. The lowest BCUT2D eigenvalue weighted by molar-refractivity contribution is -0.668. The third kappa shape index (κ3) is 5.37. The highest BCUT2D eigenvalue weighted by Gasteiger charge is 2.24. The second kappa shape index (κ2) is 11.3. The van der Waals surface area contributed by atoms with Gasteiger partial charge in [0.15, 0.2) is 0 Å². The number of aryl methyl sites for hydroxylation is 1. The van der Waals surface area contributed by atoms with Crippen molar-refractivity contribution in [3.63, 3.8) is 0 Å². The predicted molar refractivity (Wildman–Crippen MR) is 145 cm³/mol. The first-order chi connectivity index (χ1) is 14.1. The molecule has 0 amide bonds. The van der Waals surface area contributed by atoms with Gasteiger partial charge in [-0.05, 0) is 88.0 Å². The van der Waals surface area contributed by atoms with Crippen LogP contribution < -0.4 is 33.4 Å². The fourth-order valence-electron chi connectivity index (χ4n) is 3.53. The monoisotopic (exact) mass is 772 g/mol. The Labute approximate surface area is 231 Å². The van der Waals surface area contributed by atoms with Crippen LogP contribution in [-0.2, 0) is 6.54 Å². The molecule has 0 saturated carbocycles. The van der Waals surface area contributed by atoms with E-state index in [1.165, 1.54) is 38.0 Å². The third-order valence-electron chi connectivity index (χ3n) is 4.76. The Morgan fingerprint density at radius 1 is 1.03 bits per heavy atom. The van der Waals surface area contributed by atoms with Gasteiger partial charge in [0, 0.05) is 37.1 Å². The van der Waals surface area contributed by atoms with Crippen LogP contribution in [0.1, 0.15) is 31.7 Å². The zero-order valence-corrected chi connectivity index (χ0v) is 25.0. The standard InChI is InChI=1S/C23H23I2N2S2.HI/c1-3-12-26-18-10-8-16(24)14-20(18)28-22(26)6-5-7-23-27(13-4-2)19-11-9-17(25)15-21(19)29-23;/h5-11,14-15H,3-4,12-13H2,1-2H3;1H/q+1;/p-1. The Morgan fingerprint density at radius 3 is 2.57 bits per heavy atom. The molecule has 0 N–H and O–H groups in total. The molecule has 1 aliphatic heterocycles. The fourth-order valence-corrected chi connectivity index (χ4v) is 7.21. The Kier molecular flexibility index (Phi) is 9.36. The van der Waals surface area contributed by atoms with Gasteiger partial charge in [0.05, 0.1) is 10.7 Å². The van der Waals surface area contributed by atoms with Gasteiger partial charge in [-0.25, -0.2) is 0 Å². The molecule has 2 nitrogen and oxygen atoms in total. The molecule has 2 aromatic carbocycles. The van der Waals surface area contributed by atoms with Gasteiger partial charge in [-0.2, -0.15) is 4.57 Å². The van der Waals surface area contributed by atoms with Crippen LogP contribution in [0.3, 0.4) is 0 Å². The van der Waals surface area contributed by atoms with Gasteiger partial charge in [0.2, 0.25) is 5.52 Å². The first-order valence-corrected chi connectivity index (χ1v) is 13.6. The number of thioether (sulfide) groups is 1. The minimum atomic E-state index is 0. The SMILES string of the molecule is CCCN1/C(=C/C=C/c2sc3cc(I)ccc3[n+]2CCC)Sc2cc(I)ccc21.[I-]. The molecule has 0 radical (unpaired) electrons. The summed E-state index contributed by atoms with van der Waals surface area (Å²) in [6, 6.07) is 13.5. The Hall–Kier alpha value is 0.150. The van der Waals surface area contributed by atoms with Crippen molar-refractivity contribution >= 4 is 90.3 Å². The van der Waals surface area contributed by atoms with Gasteiger partial charge in [-0.3, -0.25) is 0 Å². The zero-order chi connectivity index (χ0) is 20.4. The van der Waals surface area contributed by atoms with Crippen molar-refractivity contribution in [1.82, 2.24) is 0 Å². The number of hydrogen-bond donors (Lipinski definition) is 0. The van der Waals surface area contributed by atoms with E-state index in [2.05, 4.69) is 123 Å². The summed E-state index contributed by atoms with van der Waals surface area (Å²) in [5.74, 6) is 0. The number of allylic oxidation sites excluding steroid dienone is 2. The third-order valence-corrected chi connectivity index (χ3v) is 8.33. The first kappa shape index (κ1) is 24.8. The van der Waals surface area contributed by atoms with E-state index >= 15 is 0 Å². The largest absolute Gasteiger partial charge is 1.00 e. The van der Waals surface area contributed by atoms with E-state index in [0.717, 1.165) is 25.9 Å². The average Bonchev–Trinajstić information content (AvgIpc) is 3.20. The number of fused-ring (bicyclic) bond motifs is 2. The first-order valence-electron chi connectivity index (χ1n) is 9.86. The summed E-state index contributed by atoms with van der Waals surface area (Å²) < 4.78 is 6.40. The highest BCUT2D eigenvalue weighted by molar-refractivity contribution is 14.1. The van der Waals surface area contributed by atoms with E-state index in [-0.39, 0.29) is 24.0 Å². The van der Waals surface area contributed by atoms with Crippen LogP contribution in [0.5, 0.6) is 0 Å². The summed E-state index contributed by atoms with van der Waals surface area (Å²) in [4.78, 5) is 3.82. The molecule has 2 heterocycles. The van der Waals surface area contributed by atoms with Crippen LogP contribution in [0, 0.1) is 7.14 Å². The van der Waals surface area contributed by atoms with E-state index in [1.807, 2.05) is 23.1 Å². The van der Waals surface area contributed by atoms with Crippen LogP contribution >= 0.6 is 68.3 Å². The maximum Gasteiger partial charge on any atom is 0.262 e. The molecule has 3 aromatic rings. The number of thiazole rings is 1. The van der Waals surface area contributed by atoms with Crippen LogP contribution in [0.25, 0.3) is 16.3 Å². The molecule has 0 atom stereocenters. The molecule has 4 rings (SSSR count). The summed E-state index contributed by atoms with van der Waals surface area (Å²) in [5.41, 5.74) is 2.68. The van der Waals surface area contributed by atoms with Crippen molar-refractivity contribution in [3.8, 4) is 0 Å². The summed E-state index contributed by atoms with van der Waals surface area (Å²) >= 11 is 8.56. The van der Waals surface area contributed by atoms with Gasteiger partial charge < -0.3 is 28.9 Å². The molecule has 158 valence electrons. The van der Waals surface area contributed by atoms with Gasteiger partial charge in [-0.1, -0.05) is 43.0 Å². The van der Waals surface area contributed by atoms with Gasteiger partial charge in [-0.15, -0.1) is 0 Å². The van der Waals surface area contributed by atoms with Crippen molar-refractivity contribution in [2.45, 2.75) is 38.1 Å². The van der Waals surface area contributed by atoms with Crippen LogP contribution in [0.2, 0.25) is 0 Å². The maximum atomic E-state index is 2.45. The second-order valence-corrected chi connectivity index (χ2v) is 11.5. The van der Waals surface area contributed by atoms with Crippen molar-refractivity contribution in [2.24, 2.45) is 0 Å².